The van der Waals surface area contributed by atoms with Gasteiger partial charge in [0, 0.05) is 23.2 Å². The number of hydrogen-bond acceptors (Lipinski definition) is 3. The molecule has 0 fully saturated rings. The summed E-state index contributed by atoms with van der Waals surface area (Å²) in [6.07, 6.45) is 1.47. The highest BCUT2D eigenvalue weighted by atomic mass is 32.2. The molecule has 1 heterocycles. The largest absolute Gasteiger partial charge is 0.326 e. The van der Waals surface area contributed by atoms with Gasteiger partial charge in [-0.15, -0.1) is 11.8 Å². The van der Waals surface area contributed by atoms with Gasteiger partial charge in [-0.25, -0.2) is 4.98 Å². The predicted octanol–water partition coefficient (Wildman–Crippen LogP) is 5.84. The monoisotopic (exact) mass is 378 g/mol. The summed E-state index contributed by atoms with van der Waals surface area (Å²) in [5.41, 5.74) is 6.87. The fraction of sp³-hybridized carbons (Fsp3) is 0.304. The molecule has 3 aromatic rings. The molecule has 0 atom stereocenters. The number of carbonyl (C=O) groups is 1. The number of amides is 1. The van der Waals surface area contributed by atoms with Crippen molar-refractivity contribution >= 4 is 34.3 Å². The molecule has 2 aromatic carbocycles. The second kappa shape index (κ2) is 8.57. The number of aromatic nitrogens is 1. The zero-order chi connectivity index (χ0) is 19.4. The van der Waals surface area contributed by atoms with Crippen molar-refractivity contribution < 1.29 is 4.79 Å². The van der Waals surface area contributed by atoms with Crippen LogP contribution in [-0.4, -0.2) is 16.6 Å². The highest BCUT2D eigenvalue weighted by Crippen LogP contribution is 2.27. The first-order valence-corrected chi connectivity index (χ1v) is 10.3. The van der Waals surface area contributed by atoms with Gasteiger partial charge < -0.3 is 5.32 Å². The summed E-state index contributed by atoms with van der Waals surface area (Å²) in [6, 6.07) is 14.5. The van der Waals surface area contributed by atoms with Gasteiger partial charge in [-0.1, -0.05) is 30.7 Å². The third-order valence-corrected chi connectivity index (χ3v) is 5.57. The van der Waals surface area contributed by atoms with E-state index in [0.717, 1.165) is 22.7 Å². The maximum absolute atomic E-state index is 12.2. The number of benzene rings is 2. The van der Waals surface area contributed by atoms with Gasteiger partial charge in [-0.2, -0.15) is 0 Å². The molecule has 0 radical (unpaired) electrons. The standard InChI is InChI=1S/C23H26N2OS/c1-5-18-6-8-19(9-7-18)24-21(26)10-11-27-22-14-16(3)20-13-15(2)12-17(4)23(20)25-22/h6-9,12-14H,5,10-11H2,1-4H3,(H,24,26). The van der Waals surface area contributed by atoms with Gasteiger partial charge in [0.25, 0.3) is 0 Å². The number of thioether (sulfide) groups is 1. The molecule has 0 aliphatic carbocycles. The molecule has 1 N–H and O–H groups in total. The topological polar surface area (TPSA) is 42.0 Å². The van der Waals surface area contributed by atoms with Crippen molar-refractivity contribution in [3.8, 4) is 0 Å². The highest BCUT2D eigenvalue weighted by molar-refractivity contribution is 7.99. The van der Waals surface area contributed by atoms with E-state index in [1.54, 1.807) is 11.8 Å². The van der Waals surface area contributed by atoms with Crippen LogP contribution in [0, 0.1) is 20.8 Å². The molecular weight excluding hydrogens is 352 g/mol. The van der Waals surface area contributed by atoms with Crippen LogP contribution in [0.5, 0.6) is 0 Å². The molecule has 1 aromatic heterocycles. The Morgan fingerprint density at radius 2 is 1.78 bits per heavy atom. The summed E-state index contributed by atoms with van der Waals surface area (Å²) in [6.45, 7) is 8.46. The molecule has 0 bridgehead atoms. The minimum absolute atomic E-state index is 0.0380. The van der Waals surface area contributed by atoms with Crippen molar-refractivity contribution in [1.29, 1.82) is 0 Å². The Bertz CT molecular complexity index is 964. The summed E-state index contributed by atoms with van der Waals surface area (Å²) < 4.78 is 0. The van der Waals surface area contributed by atoms with Crippen LogP contribution >= 0.6 is 11.8 Å². The maximum atomic E-state index is 12.2. The van der Waals surface area contributed by atoms with E-state index in [1.165, 1.54) is 27.6 Å². The van der Waals surface area contributed by atoms with Crippen molar-refractivity contribution in [2.45, 2.75) is 45.6 Å². The Morgan fingerprint density at radius 3 is 2.48 bits per heavy atom. The predicted molar refractivity (Wildman–Crippen MR) is 116 cm³/mol. The Labute approximate surface area is 165 Å². The number of hydrogen-bond donors (Lipinski definition) is 1. The summed E-state index contributed by atoms with van der Waals surface area (Å²) in [5.74, 6) is 0.748. The van der Waals surface area contributed by atoms with Gasteiger partial charge in [-0.05, 0) is 68.1 Å². The van der Waals surface area contributed by atoms with E-state index < -0.39 is 0 Å². The molecule has 27 heavy (non-hydrogen) atoms. The van der Waals surface area contributed by atoms with E-state index in [4.69, 9.17) is 4.98 Å². The number of carbonyl (C=O) groups excluding carboxylic acids is 1. The summed E-state index contributed by atoms with van der Waals surface area (Å²) in [4.78, 5) is 17.0. The first-order chi connectivity index (χ1) is 13.0. The van der Waals surface area contributed by atoms with Crippen LogP contribution in [0.25, 0.3) is 10.9 Å². The summed E-state index contributed by atoms with van der Waals surface area (Å²) in [5, 5.41) is 5.15. The van der Waals surface area contributed by atoms with Gasteiger partial charge in [-0.3, -0.25) is 4.79 Å². The van der Waals surface area contributed by atoms with Gasteiger partial charge in [0.15, 0.2) is 0 Å². The van der Waals surface area contributed by atoms with E-state index in [2.05, 4.69) is 63.3 Å². The molecule has 0 saturated carbocycles. The molecule has 0 spiro atoms. The van der Waals surface area contributed by atoms with Crippen molar-refractivity contribution in [2.75, 3.05) is 11.1 Å². The third kappa shape index (κ3) is 4.89. The van der Waals surface area contributed by atoms with Crippen LogP contribution in [0.15, 0.2) is 47.5 Å². The Hall–Kier alpha value is -2.33. The average Bonchev–Trinajstić information content (AvgIpc) is 2.63. The van der Waals surface area contributed by atoms with Crippen LogP contribution in [0.1, 0.15) is 35.6 Å². The zero-order valence-corrected chi connectivity index (χ0v) is 17.2. The lowest BCUT2D eigenvalue weighted by Crippen LogP contribution is -2.12. The van der Waals surface area contributed by atoms with Gasteiger partial charge in [0.05, 0.1) is 10.5 Å². The molecule has 1 amide bonds. The number of nitrogens with zero attached hydrogens (tertiary/aromatic N) is 1. The first-order valence-electron chi connectivity index (χ1n) is 9.36. The van der Waals surface area contributed by atoms with E-state index in [1.807, 2.05) is 12.1 Å². The minimum Gasteiger partial charge on any atom is -0.326 e. The second-order valence-corrected chi connectivity index (χ2v) is 8.07. The first kappa shape index (κ1) is 19.4. The number of rotatable bonds is 6. The molecule has 140 valence electrons. The van der Waals surface area contributed by atoms with E-state index >= 15 is 0 Å². The number of nitrogens with one attached hydrogen (secondary N) is 1. The van der Waals surface area contributed by atoms with Crippen LogP contribution < -0.4 is 5.32 Å². The lowest BCUT2D eigenvalue weighted by atomic mass is 10.0. The second-order valence-electron chi connectivity index (χ2n) is 6.95. The summed E-state index contributed by atoms with van der Waals surface area (Å²) >= 11 is 1.64. The van der Waals surface area contributed by atoms with Crippen molar-refractivity contribution in [3.63, 3.8) is 0 Å². The van der Waals surface area contributed by atoms with E-state index in [-0.39, 0.29) is 5.91 Å². The Kier molecular flexibility index (Phi) is 6.17. The fourth-order valence-corrected chi connectivity index (χ4v) is 4.10. The van der Waals surface area contributed by atoms with Crippen molar-refractivity contribution in [2.24, 2.45) is 0 Å². The molecule has 3 nitrogen and oxygen atoms in total. The van der Waals surface area contributed by atoms with Crippen molar-refractivity contribution in [3.05, 3.63) is 64.7 Å². The van der Waals surface area contributed by atoms with Crippen molar-refractivity contribution in [1.82, 2.24) is 4.98 Å². The normalized spacial score (nSPS) is 11.0. The lowest BCUT2D eigenvalue weighted by Gasteiger charge is -2.10. The average molecular weight is 379 g/mol. The quantitative estimate of drug-likeness (QED) is 0.548. The minimum atomic E-state index is 0.0380. The molecule has 0 unspecified atom stereocenters. The third-order valence-electron chi connectivity index (χ3n) is 4.66. The number of pyridine rings is 1. The van der Waals surface area contributed by atoms with Crippen LogP contribution in [0.3, 0.4) is 0 Å². The fourth-order valence-electron chi connectivity index (χ4n) is 3.18. The van der Waals surface area contributed by atoms with E-state index in [0.29, 0.717) is 12.2 Å². The van der Waals surface area contributed by atoms with Gasteiger partial charge in [0.2, 0.25) is 5.91 Å². The van der Waals surface area contributed by atoms with Crippen LogP contribution in [-0.2, 0) is 11.2 Å². The molecular formula is C23H26N2OS. The molecule has 0 saturated heterocycles. The van der Waals surface area contributed by atoms with Gasteiger partial charge in [0.1, 0.15) is 0 Å². The lowest BCUT2D eigenvalue weighted by molar-refractivity contribution is -0.115. The van der Waals surface area contributed by atoms with E-state index in [9.17, 15) is 4.79 Å². The highest BCUT2D eigenvalue weighted by Gasteiger charge is 2.08. The molecule has 3 rings (SSSR count). The van der Waals surface area contributed by atoms with Gasteiger partial charge >= 0.3 is 0 Å². The smallest absolute Gasteiger partial charge is 0.225 e. The SMILES string of the molecule is CCc1ccc(NC(=O)CCSc2cc(C)c3cc(C)cc(C)c3n2)cc1. The Morgan fingerprint density at radius 1 is 1.04 bits per heavy atom. The maximum Gasteiger partial charge on any atom is 0.225 e. The molecule has 0 aliphatic rings. The zero-order valence-electron chi connectivity index (χ0n) is 16.4. The number of fused-ring (bicyclic) bond motifs is 1. The van der Waals surface area contributed by atoms with Crippen LogP contribution in [0.2, 0.25) is 0 Å². The Balaban J connectivity index is 1.60. The summed E-state index contributed by atoms with van der Waals surface area (Å²) in [7, 11) is 0. The van der Waals surface area contributed by atoms with Crippen LogP contribution in [0.4, 0.5) is 5.69 Å². The number of anilines is 1. The molecule has 0 aliphatic heterocycles. The number of aryl methyl sites for hydroxylation is 4. The molecule has 4 heteroatoms.